The number of hydrogen-bond donors (Lipinski definition) is 2. The molecule has 0 atom stereocenters. The molecule has 1 aliphatic rings. The standard InChI is InChI=1S/C16H24N2O3/c1-18(2)16(7-4-8-16)12-17-9-10-21-14-6-3-5-13(11-14)15(19)20/h3,5-6,11,17H,4,7-10,12H2,1-2H3,(H,19,20). The van der Waals surface area contributed by atoms with Crippen molar-refractivity contribution < 1.29 is 14.6 Å². The highest BCUT2D eigenvalue weighted by Crippen LogP contribution is 2.35. The minimum atomic E-state index is -0.934. The summed E-state index contributed by atoms with van der Waals surface area (Å²) in [5, 5.41) is 12.4. The van der Waals surface area contributed by atoms with Crippen LogP contribution in [0, 0.1) is 0 Å². The van der Waals surface area contributed by atoms with Crippen molar-refractivity contribution in [3.8, 4) is 5.75 Å². The largest absolute Gasteiger partial charge is 0.492 e. The number of nitrogens with one attached hydrogen (secondary N) is 1. The van der Waals surface area contributed by atoms with Crippen LogP contribution in [-0.4, -0.2) is 55.3 Å². The number of carboxylic acid groups (broad SMARTS) is 1. The molecule has 0 saturated heterocycles. The van der Waals surface area contributed by atoms with E-state index in [1.54, 1.807) is 24.3 Å². The highest BCUT2D eigenvalue weighted by Gasteiger charge is 2.38. The molecule has 5 heteroatoms. The normalized spacial score (nSPS) is 16.5. The first-order valence-electron chi connectivity index (χ1n) is 7.38. The summed E-state index contributed by atoms with van der Waals surface area (Å²) in [6.45, 7) is 2.26. The second-order valence-electron chi connectivity index (χ2n) is 5.83. The lowest BCUT2D eigenvalue weighted by Gasteiger charge is -2.47. The quantitative estimate of drug-likeness (QED) is 0.716. The monoisotopic (exact) mass is 292 g/mol. The number of nitrogens with zero attached hydrogens (tertiary/aromatic N) is 1. The lowest BCUT2D eigenvalue weighted by Crippen LogP contribution is -2.56. The van der Waals surface area contributed by atoms with Gasteiger partial charge >= 0.3 is 5.97 Å². The zero-order valence-corrected chi connectivity index (χ0v) is 12.8. The molecule has 21 heavy (non-hydrogen) atoms. The molecule has 1 aromatic carbocycles. The van der Waals surface area contributed by atoms with Gasteiger partial charge in [-0.3, -0.25) is 0 Å². The number of likely N-dealkylation sites (N-methyl/N-ethyl adjacent to an activating group) is 1. The van der Waals surface area contributed by atoms with Gasteiger partial charge in [0.25, 0.3) is 0 Å². The molecular formula is C16H24N2O3. The van der Waals surface area contributed by atoms with Crippen LogP contribution in [0.2, 0.25) is 0 Å². The fourth-order valence-corrected chi connectivity index (χ4v) is 2.65. The van der Waals surface area contributed by atoms with Crippen molar-refractivity contribution >= 4 is 5.97 Å². The minimum Gasteiger partial charge on any atom is -0.492 e. The van der Waals surface area contributed by atoms with Gasteiger partial charge in [-0.25, -0.2) is 4.79 Å². The third kappa shape index (κ3) is 3.95. The van der Waals surface area contributed by atoms with Gasteiger partial charge in [0.05, 0.1) is 5.56 Å². The summed E-state index contributed by atoms with van der Waals surface area (Å²) in [4.78, 5) is 13.2. The van der Waals surface area contributed by atoms with E-state index in [0.29, 0.717) is 17.9 Å². The molecule has 0 amide bonds. The number of benzene rings is 1. The van der Waals surface area contributed by atoms with E-state index in [1.807, 2.05) is 0 Å². The summed E-state index contributed by atoms with van der Waals surface area (Å²) in [5.74, 6) is -0.334. The van der Waals surface area contributed by atoms with Gasteiger partial charge in [-0.2, -0.15) is 0 Å². The van der Waals surface area contributed by atoms with Gasteiger partial charge in [-0.15, -0.1) is 0 Å². The lowest BCUT2D eigenvalue weighted by atomic mass is 9.75. The SMILES string of the molecule is CN(C)C1(CNCCOc2cccc(C(=O)O)c2)CCC1. The number of rotatable bonds is 8. The van der Waals surface area contributed by atoms with Gasteiger partial charge in [-0.1, -0.05) is 6.07 Å². The molecule has 1 saturated carbocycles. The van der Waals surface area contributed by atoms with Gasteiger partial charge in [0.15, 0.2) is 0 Å². The predicted molar refractivity (Wildman–Crippen MR) is 82.0 cm³/mol. The zero-order valence-electron chi connectivity index (χ0n) is 12.8. The van der Waals surface area contributed by atoms with Crippen LogP contribution >= 0.6 is 0 Å². The second kappa shape index (κ2) is 6.91. The first-order valence-corrected chi connectivity index (χ1v) is 7.38. The topological polar surface area (TPSA) is 61.8 Å². The van der Waals surface area contributed by atoms with E-state index >= 15 is 0 Å². The Morgan fingerprint density at radius 3 is 2.76 bits per heavy atom. The minimum absolute atomic E-state index is 0.251. The number of ether oxygens (including phenoxy) is 1. The molecule has 0 aliphatic heterocycles. The molecule has 0 aromatic heterocycles. The maximum Gasteiger partial charge on any atom is 0.335 e. The van der Waals surface area contributed by atoms with E-state index in [1.165, 1.54) is 19.3 Å². The van der Waals surface area contributed by atoms with Crippen LogP contribution < -0.4 is 10.1 Å². The van der Waals surface area contributed by atoms with Gasteiger partial charge in [0, 0.05) is 18.6 Å². The van der Waals surface area contributed by atoms with Crippen molar-refractivity contribution in [2.45, 2.75) is 24.8 Å². The van der Waals surface area contributed by atoms with Crippen molar-refractivity contribution in [3.05, 3.63) is 29.8 Å². The number of hydrogen-bond acceptors (Lipinski definition) is 4. The van der Waals surface area contributed by atoms with Crippen LogP contribution in [-0.2, 0) is 0 Å². The molecule has 0 spiro atoms. The van der Waals surface area contributed by atoms with E-state index < -0.39 is 5.97 Å². The molecule has 0 radical (unpaired) electrons. The molecule has 0 unspecified atom stereocenters. The molecular weight excluding hydrogens is 268 g/mol. The number of carbonyl (C=O) groups is 1. The second-order valence-corrected chi connectivity index (χ2v) is 5.83. The third-order valence-electron chi connectivity index (χ3n) is 4.32. The van der Waals surface area contributed by atoms with Crippen molar-refractivity contribution in [1.82, 2.24) is 10.2 Å². The van der Waals surface area contributed by atoms with Crippen molar-refractivity contribution in [2.75, 3.05) is 33.8 Å². The molecule has 2 N–H and O–H groups in total. The highest BCUT2D eigenvalue weighted by molar-refractivity contribution is 5.87. The number of carboxylic acids is 1. The fourth-order valence-electron chi connectivity index (χ4n) is 2.65. The van der Waals surface area contributed by atoms with Crippen LogP contribution in [0.5, 0.6) is 5.75 Å². The summed E-state index contributed by atoms with van der Waals surface area (Å²) in [6.07, 6.45) is 3.79. The Labute approximate surface area is 125 Å². The Morgan fingerprint density at radius 2 is 2.19 bits per heavy atom. The molecule has 5 nitrogen and oxygen atoms in total. The summed E-state index contributed by atoms with van der Waals surface area (Å²) in [6, 6.07) is 6.59. The third-order valence-corrected chi connectivity index (χ3v) is 4.32. The summed E-state index contributed by atoms with van der Waals surface area (Å²) >= 11 is 0. The van der Waals surface area contributed by atoms with E-state index in [9.17, 15) is 4.79 Å². The highest BCUT2D eigenvalue weighted by atomic mass is 16.5. The molecule has 0 bridgehead atoms. The average Bonchev–Trinajstić information content (AvgIpc) is 2.40. The van der Waals surface area contributed by atoms with Crippen LogP contribution in [0.15, 0.2) is 24.3 Å². The van der Waals surface area contributed by atoms with Crippen LogP contribution in [0.3, 0.4) is 0 Å². The molecule has 116 valence electrons. The Bertz CT molecular complexity index is 484. The van der Waals surface area contributed by atoms with Crippen LogP contribution in [0.4, 0.5) is 0 Å². The van der Waals surface area contributed by atoms with E-state index in [2.05, 4.69) is 24.3 Å². The Morgan fingerprint density at radius 1 is 1.43 bits per heavy atom. The van der Waals surface area contributed by atoms with Gasteiger partial charge in [0.1, 0.15) is 12.4 Å². The first-order chi connectivity index (χ1) is 10.0. The van der Waals surface area contributed by atoms with Crippen molar-refractivity contribution in [2.24, 2.45) is 0 Å². The zero-order chi connectivity index (χ0) is 15.3. The summed E-state index contributed by atoms with van der Waals surface area (Å²) in [5.41, 5.74) is 0.560. The number of aromatic carboxylic acids is 1. The molecule has 0 heterocycles. The van der Waals surface area contributed by atoms with Gasteiger partial charge < -0.3 is 20.1 Å². The van der Waals surface area contributed by atoms with E-state index in [-0.39, 0.29) is 5.56 Å². The van der Waals surface area contributed by atoms with Crippen molar-refractivity contribution in [1.29, 1.82) is 0 Å². The summed E-state index contributed by atoms with van der Waals surface area (Å²) in [7, 11) is 4.27. The first kappa shape index (κ1) is 15.8. The van der Waals surface area contributed by atoms with Crippen LogP contribution in [0.25, 0.3) is 0 Å². The maximum absolute atomic E-state index is 10.9. The average molecular weight is 292 g/mol. The Hall–Kier alpha value is -1.59. The lowest BCUT2D eigenvalue weighted by molar-refractivity contribution is 0.0593. The van der Waals surface area contributed by atoms with Crippen LogP contribution in [0.1, 0.15) is 29.6 Å². The van der Waals surface area contributed by atoms with E-state index in [4.69, 9.17) is 9.84 Å². The predicted octanol–water partition coefficient (Wildman–Crippen LogP) is 1.84. The fraction of sp³-hybridized carbons (Fsp3) is 0.562. The van der Waals surface area contributed by atoms with Crippen molar-refractivity contribution in [3.63, 3.8) is 0 Å². The maximum atomic E-state index is 10.9. The Balaban J connectivity index is 1.70. The smallest absolute Gasteiger partial charge is 0.335 e. The molecule has 1 aliphatic carbocycles. The van der Waals surface area contributed by atoms with E-state index in [0.717, 1.165) is 13.1 Å². The van der Waals surface area contributed by atoms with Gasteiger partial charge in [0.2, 0.25) is 0 Å². The molecule has 2 rings (SSSR count). The van der Waals surface area contributed by atoms with Gasteiger partial charge in [-0.05, 0) is 51.6 Å². The summed E-state index contributed by atoms with van der Waals surface area (Å²) < 4.78 is 5.58. The molecule has 1 aromatic rings. The Kier molecular flexibility index (Phi) is 5.20. The molecule has 1 fully saturated rings.